The lowest BCUT2D eigenvalue weighted by Gasteiger charge is -2.19. The van der Waals surface area contributed by atoms with Gasteiger partial charge in [0, 0.05) is 10.4 Å². The first-order valence-corrected chi connectivity index (χ1v) is 13.6. The van der Waals surface area contributed by atoms with Crippen LogP contribution in [0.3, 0.4) is 0 Å². The SMILES string of the molecule is Cc1cc(-c2ccccc2)sc1/N=C(/SCC(=O)c1ccc2ccccc2c1)N(C=O)c1ccccc1. The van der Waals surface area contributed by atoms with Crippen LogP contribution < -0.4 is 4.90 Å². The number of benzene rings is 4. The zero-order chi connectivity index (χ0) is 25.6. The standard InChI is InChI=1S/C31H24N2O2S2/c1-22-18-29(24-11-4-2-5-12-24)37-30(22)32-31(33(21-34)27-14-6-3-7-15-27)36-20-28(35)26-17-16-23-10-8-9-13-25(23)19-26/h2-19,21H,20H2,1H3/b32-31+. The van der Waals surface area contributed by atoms with E-state index in [9.17, 15) is 9.59 Å². The smallest absolute Gasteiger partial charge is 0.220 e. The van der Waals surface area contributed by atoms with Crippen molar-refractivity contribution in [2.45, 2.75) is 6.92 Å². The second-order valence-corrected chi connectivity index (χ2v) is 10.4. The summed E-state index contributed by atoms with van der Waals surface area (Å²) in [6.45, 7) is 2.01. The van der Waals surface area contributed by atoms with Gasteiger partial charge in [0.25, 0.3) is 0 Å². The number of aliphatic imine (C=N–C) groups is 1. The summed E-state index contributed by atoms with van der Waals surface area (Å²) >= 11 is 2.84. The Morgan fingerprint density at radius 2 is 1.54 bits per heavy atom. The van der Waals surface area contributed by atoms with Crippen LogP contribution in [0.1, 0.15) is 15.9 Å². The first-order chi connectivity index (χ1) is 18.1. The molecule has 6 heteroatoms. The average Bonchev–Trinajstić information content (AvgIpc) is 3.32. The number of hydrogen-bond acceptors (Lipinski definition) is 5. The highest BCUT2D eigenvalue weighted by molar-refractivity contribution is 8.14. The number of carbonyl (C=O) groups excluding carboxylic acids is 2. The van der Waals surface area contributed by atoms with Crippen molar-refractivity contribution in [2.24, 2.45) is 4.99 Å². The number of hydrogen-bond donors (Lipinski definition) is 0. The number of rotatable bonds is 7. The van der Waals surface area contributed by atoms with Crippen molar-refractivity contribution < 1.29 is 9.59 Å². The van der Waals surface area contributed by atoms with Gasteiger partial charge in [-0.15, -0.1) is 11.3 Å². The number of fused-ring (bicyclic) bond motifs is 1. The second kappa shape index (κ2) is 11.4. The molecule has 1 heterocycles. The molecule has 5 rings (SSSR count). The Labute approximate surface area is 224 Å². The van der Waals surface area contributed by atoms with Gasteiger partial charge in [0.1, 0.15) is 5.00 Å². The molecule has 0 aliphatic rings. The van der Waals surface area contributed by atoms with Crippen molar-refractivity contribution in [1.29, 1.82) is 0 Å². The molecule has 0 radical (unpaired) electrons. The minimum absolute atomic E-state index is 0.0183. The van der Waals surface area contributed by atoms with Gasteiger partial charge in [-0.25, -0.2) is 4.99 Å². The quantitative estimate of drug-likeness (QED) is 0.0942. The highest BCUT2D eigenvalue weighted by atomic mass is 32.2. The van der Waals surface area contributed by atoms with Crippen molar-refractivity contribution in [3.05, 3.63) is 120 Å². The summed E-state index contributed by atoms with van der Waals surface area (Å²) in [5, 5.41) is 3.38. The molecule has 0 aliphatic carbocycles. The molecule has 0 saturated heterocycles. The molecule has 0 unspecified atom stereocenters. The van der Waals surface area contributed by atoms with Crippen molar-refractivity contribution in [1.82, 2.24) is 0 Å². The highest BCUT2D eigenvalue weighted by Gasteiger charge is 2.18. The summed E-state index contributed by atoms with van der Waals surface area (Å²) in [7, 11) is 0. The van der Waals surface area contributed by atoms with Gasteiger partial charge in [-0.1, -0.05) is 96.7 Å². The second-order valence-electron chi connectivity index (χ2n) is 8.44. The molecule has 37 heavy (non-hydrogen) atoms. The van der Waals surface area contributed by atoms with Gasteiger partial charge >= 0.3 is 0 Å². The van der Waals surface area contributed by atoms with E-state index < -0.39 is 0 Å². The van der Waals surface area contributed by atoms with Gasteiger partial charge in [-0.05, 0) is 53.1 Å². The fraction of sp³-hybridized carbons (Fsp3) is 0.0645. The minimum Gasteiger partial charge on any atom is -0.293 e. The van der Waals surface area contributed by atoms with Gasteiger partial charge in [-0.2, -0.15) is 0 Å². The van der Waals surface area contributed by atoms with Crippen LogP contribution >= 0.6 is 23.1 Å². The largest absolute Gasteiger partial charge is 0.293 e. The van der Waals surface area contributed by atoms with Crippen LogP contribution in [0, 0.1) is 6.92 Å². The maximum Gasteiger partial charge on any atom is 0.220 e. The van der Waals surface area contributed by atoms with E-state index >= 15 is 0 Å². The third-order valence-corrected chi connectivity index (χ3v) is 8.03. The summed E-state index contributed by atoms with van der Waals surface area (Å²) in [6.07, 6.45) is 0.753. The molecule has 5 aromatic rings. The number of amides is 1. The number of thiophene rings is 1. The molecule has 1 amide bonds. The monoisotopic (exact) mass is 520 g/mol. The van der Waals surface area contributed by atoms with Crippen LogP contribution in [0.15, 0.2) is 114 Å². The summed E-state index contributed by atoms with van der Waals surface area (Å²) in [5.41, 5.74) is 3.47. The molecule has 0 saturated carbocycles. The summed E-state index contributed by atoms with van der Waals surface area (Å²) in [5.74, 6) is 0.139. The van der Waals surface area contributed by atoms with E-state index in [0.717, 1.165) is 38.2 Å². The van der Waals surface area contributed by atoms with Crippen molar-refractivity contribution in [3.8, 4) is 10.4 Å². The third-order valence-electron chi connectivity index (χ3n) is 5.90. The van der Waals surface area contributed by atoms with E-state index in [-0.39, 0.29) is 11.5 Å². The first-order valence-electron chi connectivity index (χ1n) is 11.8. The van der Waals surface area contributed by atoms with E-state index in [1.54, 1.807) is 11.3 Å². The Kier molecular flexibility index (Phi) is 7.59. The van der Waals surface area contributed by atoms with E-state index in [1.165, 1.54) is 16.7 Å². The van der Waals surface area contributed by atoms with E-state index in [4.69, 9.17) is 4.99 Å². The molecular formula is C31H24N2O2S2. The summed E-state index contributed by atoms with van der Waals surface area (Å²) in [6, 6.07) is 35.3. The minimum atomic E-state index is -0.0183. The normalized spacial score (nSPS) is 11.4. The highest BCUT2D eigenvalue weighted by Crippen LogP contribution is 2.38. The number of thioether (sulfide) groups is 1. The van der Waals surface area contributed by atoms with Gasteiger partial charge in [-0.3, -0.25) is 14.5 Å². The fourth-order valence-corrected chi connectivity index (χ4v) is 5.93. The average molecular weight is 521 g/mol. The molecule has 182 valence electrons. The van der Waals surface area contributed by atoms with Crippen LogP contribution in [0.4, 0.5) is 10.7 Å². The maximum atomic E-state index is 13.2. The van der Waals surface area contributed by atoms with Gasteiger partial charge in [0.05, 0.1) is 11.4 Å². The van der Waals surface area contributed by atoms with E-state index in [1.807, 2.05) is 97.9 Å². The number of aryl methyl sites for hydroxylation is 1. The predicted octanol–water partition coefficient (Wildman–Crippen LogP) is 8.14. The topological polar surface area (TPSA) is 49.7 Å². The van der Waals surface area contributed by atoms with E-state index in [2.05, 4.69) is 18.2 Å². The molecule has 0 fully saturated rings. The zero-order valence-electron chi connectivity index (χ0n) is 20.2. The molecular weight excluding hydrogens is 496 g/mol. The van der Waals surface area contributed by atoms with Crippen molar-refractivity contribution >= 4 is 61.9 Å². The third kappa shape index (κ3) is 5.71. The molecule has 0 bridgehead atoms. The first kappa shape index (κ1) is 24.7. The molecule has 0 spiro atoms. The van der Waals surface area contributed by atoms with Crippen LogP contribution in [0.5, 0.6) is 0 Å². The Bertz CT molecular complexity index is 1580. The van der Waals surface area contributed by atoms with Gasteiger partial charge in [0.2, 0.25) is 6.41 Å². The molecule has 0 N–H and O–H groups in total. The number of anilines is 1. The molecule has 0 atom stereocenters. The van der Waals surface area contributed by atoms with Crippen molar-refractivity contribution in [3.63, 3.8) is 0 Å². The zero-order valence-corrected chi connectivity index (χ0v) is 21.8. The Balaban J connectivity index is 1.46. The van der Waals surface area contributed by atoms with Crippen LogP contribution in [0.25, 0.3) is 21.2 Å². The Morgan fingerprint density at radius 3 is 2.27 bits per heavy atom. The van der Waals surface area contributed by atoms with Crippen LogP contribution in [-0.2, 0) is 4.79 Å². The van der Waals surface area contributed by atoms with Gasteiger partial charge < -0.3 is 0 Å². The lowest BCUT2D eigenvalue weighted by molar-refractivity contribution is -0.106. The number of para-hydroxylation sites is 1. The Morgan fingerprint density at radius 1 is 0.865 bits per heavy atom. The number of ketones is 1. The number of Topliss-reactive ketones (excluding diaryl/α,β-unsaturated/α-hetero) is 1. The van der Waals surface area contributed by atoms with Gasteiger partial charge in [0.15, 0.2) is 11.0 Å². The molecule has 0 aliphatic heterocycles. The summed E-state index contributed by atoms with van der Waals surface area (Å²) < 4.78 is 0. The molecule has 4 aromatic carbocycles. The molecule has 1 aromatic heterocycles. The lowest BCUT2D eigenvalue weighted by Crippen LogP contribution is -2.27. The predicted molar refractivity (Wildman–Crippen MR) is 157 cm³/mol. The van der Waals surface area contributed by atoms with Crippen LogP contribution in [0.2, 0.25) is 0 Å². The number of carbonyl (C=O) groups is 2. The number of nitrogens with zero attached hydrogens (tertiary/aromatic N) is 2. The maximum absolute atomic E-state index is 13.2. The fourth-order valence-electron chi connectivity index (χ4n) is 3.95. The lowest BCUT2D eigenvalue weighted by atomic mass is 10.1. The van der Waals surface area contributed by atoms with E-state index in [0.29, 0.717) is 16.4 Å². The number of amidine groups is 1. The van der Waals surface area contributed by atoms with Crippen molar-refractivity contribution in [2.75, 3.05) is 10.7 Å². The molecule has 4 nitrogen and oxygen atoms in total. The Hall–Kier alpha value is -4.00. The van der Waals surface area contributed by atoms with Crippen LogP contribution in [-0.4, -0.2) is 23.1 Å². The summed E-state index contributed by atoms with van der Waals surface area (Å²) in [4.78, 5) is 32.9.